The van der Waals surface area contributed by atoms with E-state index >= 15 is 0 Å². The molecular formula is C9H10O4. The third kappa shape index (κ3) is 2.76. The van der Waals surface area contributed by atoms with Gasteiger partial charge in [0.25, 0.3) is 0 Å². The maximum atomic E-state index is 10.3. The van der Waals surface area contributed by atoms with Crippen LogP contribution in [-0.2, 0) is 11.2 Å². The molecule has 0 radical (unpaired) electrons. The Kier molecular flexibility index (Phi) is 2.87. The Bertz CT molecular complexity index is 291. The maximum Gasteiger partial charge on any atom is 0.332 e. The third-order valence-electron chi connectivity index (χ3n) is 1.65. The lowest BCUT2D eigenvalue weighted by molar-refractivity contribution is -0.146. The highest BCUT2D eigenvalue weighted by atomic mass is 16.5. The Morgan fingerprint density at radius 1 is 1.31 bits per heavy atom. The Labute approximate surface area is 75.1 Å². The fraction of sp³-hybridized carbons (Fsp3) is 0.222. The molecule has 0 amide bonds. The van der Waals surface area contributed by atoms with Gasteiger partial charge in [-0.1, -0.05) is 12.1 Å². The quantitative estimate of drug-likeness (QED) is 0.603. The summed E-state index contributed by atoms with van der Waals surface area (Å²) in [5.41, 5.74) is 0.674. The van der Waals surface area contributed by atoms with Crippen molar-refractivity contribution in [1.29, 1.82) is 0 Å². The molecule has 4 nitrogen and oxygen atoms in total. The van der Waals surface area contributed by atoms with Gasteiger partial charge in [0.2, 0.25) is 0 Å². The van der Waals surface area contributed by atoms with E-state index in [0.717, 1.165) is 0 Å². The number of hydrogen-bond acceptors (Lipinski definition) is 3. The van der Waals surface area contributed by atoms with Gasteiger partial charge >= 0.3 is 5.97 Å². The molecule has 0 aliphatic heterocycles. The zero-order chi connectivity index (χ0) is 9.84. The third-order valence-corrected chi connectivity index (χ3v) is 1.65. The topological polar surface area (TPSA) is 77.8 Å². The van der Waals surface area contributed by atoms with Crippen molar-refractivity contribution in [1.82, 2.24) is 0 Å². The number of rotatable bonds is 3. The standard InChI is InChI=1S/C9H10O4/c10-7-3-1-6(2-4-7)5-8(11)9(12)13/h1-4,8,10-11H,5H2,(H,12,13)/i1+1,2+1,3+1,4+1,5+1,6+1,7+1,8+1,9+1. The fourth-order valence-electron chi connectivity index (χ4n) is 0.943. The molecule has 70 valence electrons. The Morgan fingerprint density at radius 2 is 1.85 bits per heavy atom. The number of carboxylic acid groups (broad SMARTS) is 1. The highest BCUT2D eigenvalue weighted by Gasteiger charge is 2.13. The van der Waals surface area contributed by atoms with Crippen molar-refractivity contribution in [3.8, 4) is 5.75 Å². The molecule has 0 saturated carbocycles. The average molecular weight is 191 g/mol. The van der Waals surface area contributed by atoms with E-state index in [4.69, 9.17) is 15.3 Å². The van der Waals surface area contributed by atoms with Gasteiger partial charge in [0, 0.05) is 6.42 Å². The predicted molar refractivity (Wildman–Crippen MR) is 45.5 cm³/mol. The number of carbonyl (C=O) groups is 1. The number of phenolic OH excluding ortho intramolecular Hbond substituents is 1. The van der Waals surface area contributed by atoms with Crippen molar-refractivity contribution in [2.75, 3.05) is 0 Å². The van der Waals surface area contributed by atoms with Gasteiger partial charge in [0.05, 0.1) is 0 Å². The molecule has 0 aliphatic rings. The van der Waals surface area contributed by atoms with E-state index in [1.54, 1.807) is 12.1 Å². The number of phenols is 1. The van der Waals surface area contributed by atoms with Gasteiger partial charge < -0.3 is 15.3 Å². The molecule has 0 aromatic heterocycles. The van der Waals surface area contributed by atoms with Gasteiger partial charge in [-0.3, -0.25) is 0 Å². The van der Waals surface area contributed by atoms with Crippen LogP contribution in [0.25, 0.3) is 0 Å². The molecule has 4 heteroatoms. The minimum atomic E-state index is -1.38. The van der Waals surface area contributed by atoms with E-state index in [2.05, 4.69) is 0 Å². The first-order valence-corrected chi connectivity index (χ1v) is 3.78. The maximum absolute atomic E-state index is 10.3. The molecule has 0 aliphatic carbocycles. The Balaban J connectivity index is 2.64. The van der Waals surface area contributed by atoms with E-state index < -0.39 is 12.1 Å². The van der Waals surface area contributed by atoms with E-state index in [-0.39, 0.29) is 12.2 Å². The Morgan fingerprint density at radius 3 is 2.31 bits per heavy atom. The normalized spacial score (nSPS) is 12.4. The van der Waals surface area contributed by atoms with Crippen molar-refractivity contribution >= 4 is 5.97 Å². The second kappa shape index (κ2) is 3.91. The van der Waals surface area contributed by atoms with Gasteiger partial charge in [-0.05, 0) is 17.7 Å². The Hall–Kier alpha value is -1.55. The molecule has 1 rings (SSSR count). The summed E-state index contributed by atoms with van der Waals surface area (Å²) in [4.78, 5) is 10.3. The van der Waals surface area contributed by atoms with Crippen molar-refractivity contribution in [2.45, 2.75) is 12.5 Å². The van der Waals surface area contributed by atoms with E-state index in [1.807, 2.05) is 0 Å². The first-order valence-electron chi connectivity index (χ1n) is 3.78. The van der Waals surface area contributed by atoms with Gasteiger partial charge in [0.1, 0.15) is 5.75 Å². The smallest absolute Gasteiger partial charge is 0.332 e. The number of carboxylic acids is 1. The first-order chi connectivity index (χ1) is 6.09. The largest absolute Gasteiger partial charge is 0.508 e. The summed E-state index contributed by atoms with van der Waals surface area (Å²) in [7, 11) is 0. The van der Waals surface area contributed by atoms with E-state index in [1.165, 1.54) is 12.1 Å². The first kappa shape index (κ1) is 9.54. The van der Waals surface area contributed by atoms with Gasteiger partial charge in [0.15, 0.2) is 6.10 Å². The van der Waals surface area contributed by atoms with Crippen molar-refractivity contribution < 1.29 is 20.1 Å². The van der Waals surface area contributed by atoms with E-state index in [0.29, 0.717) is 5.56 Å². The SMILES string of the molecule is O=[13C](O)[13CH](O)[13CH2][13c]1[13cH][13cH][13c](O)[13cH][13cH]1. The molecule has 1 aromatic rings. The molecular weight excluding hydrogens is 181 g/mol. The van der Waals surface area contributed by atoms with Crippen LogP contribution in [0.3, 0.4) is 0 Å². The van der Waals surface area contributed by atoms with Crippen LogP contribution in [0.5, 0.6) is 5.75 Å². The zero-order valence-electron chi connectivity index (χ0n) is 6.84. The average Bonchev–Trinajstić information content (AvgIpc) is 2.08. The summed E-state index contributed by atoms with van der Waals surface area (Å²) in [6.07, 6.45) is -1.33. The molecule has 0 heterocycles. The van der Waals surface area contributed by atoms with Crippen LogP contribution in [-0.4, -0.2) is 27.4 Å². The number of benzene rings is 1. The van der Waals surface area contributed by atoms with Crippen molar-refractivity contribution in [3.63, 3.8) is 0 Å². The summed E-state index contributed by atoms with van der Waals surface area (Å²) in [6, 6.07) is 6.04. The van der Waals surface area contributed by atoms with Gasteiger partial charge in [-0.25, -0.2) is 4.79 Å². The molecule has 0 bridgehead atoms. The fourth-order valence-corrected chi connectivity index (χ4v) is 0.943. The lowest BCUT2D eigenvalue weighted by Gasteiger charge is -2.04. The zero-order valence-corrected chi connectivity index (χ0v) is 6.84. The van der Waals surface area contributed by atoms with Crippen LogP contribution in [0.1, 0.15) is 5.56 Å². The van der Waals surface area contributed by atoms with E-state index in [9.17, 15) is 4.79 Å². The van der Waals surface area contributed by atoms with Gasteiger partial charge in [-0.15, -0.1) is 0 Å². The highest BCUT2D eigenvalue weighted by molar-refractivity contribution is 5.72. The second-order valence-electron chi connectivity index (χ2n) is 2.72. The summed E-state index contributed by atoms with van der Waals surface area (Å²) < 4.78 is 0. The van der Waals surface area contributed by atoms with Gasteiger partial charge in [-0.2, -0.15) is 0 Å². The summed E-state index contributed by atoms with van der Waals surface area (Å²) >= 11 is 0. The van der Waals surface area contributed by atoms with Crippen molar-refractivity contribution in [2.24, 2.45) is 0 Å². The predicted octanol–water partition coefficient (Wildman–Crippen LogP) is 0.380. The molecule has 1 atom stereocenters. The number of aromatic hydroxyl groups is 1. The minimum Gasteiger partial charge on any atom is -0.508 e. The number of aliphatic carboxylic acids is 1. The summed E-state index contributed by atoms with van der Waals surface area (Å²) in [6.45, 7) is 0. The van der Waals surface area contributed by atoms with Crippen LogP contribution in [0.15, 0.2) is 24.3 Å². The molecule has 3 N–H and O–H groups in total. The van der Waals surface area contributed by atoms with Crippen LogP contribution in [0.2, 0.25) is 0 Å². The lowest BCUT2D eigenvalue weighted by Crippen LogP contribution is -2.21. The van der Waals surface area contributed by atoms with Crippen LogP contribution >= 0.6 is 0 Å². The highest BCUT2D eigenvalue weighted by Crippen LogP contribution is 2.11. The minimum absolute atomic E-state index is 0.0512. The molecule has 1 unspecified atom stereocenters. The molecule has 13 heavy (non-hydrogen) atoms. The number of aliphatic hydroxyl groups is 1. The summed E-state index contributed by atoms with van der Waals surface area (Å²) in [5.74, 6) is -1.12. The number of aliphatic hydroxyl groups excluding tert-OH is 1. The van der Waals surface area contributed by atoms with Crippen LogP contribution in [0, 0.1) is 0 Å². The van der Waals surface area contributed by atoms with Crippen LogP contribution < -0.4 is 0 Å². The lowest BCUT2D eigenvalue weighted by atomic mass is 11.1. The molecule has 0 fully saturated rings. The monoisotopic (exact) mass is 191 g/mol. The van der Waals surface area contributed by atoms with Crippen LogP contribution in [0.4, 0.5) is 0 Å². The number of hydrogen-bond donors (Lipinski definition) is 3. The molecule has 1 aromatic carbocycles. The van der Waals surface area contributed by atoms with Crippen molar-refractivity contribution in [3.05, 3.63) is 29.8 Å². The molecule has 0 saturated heterocycles. The molecule has 0 spiro atoms. The second-order valence-corrected chi connectivity index (χ2v) is 2.72. The summed E-state index contributed by atoms with van der Waals surface area (Å²) in [5, 5.41) is 26.3.